The summed E-state index contributed by atoms with van der Waals surface area (Å²) >= 11 is 0. The molecule has 0 aromatic heterocycles. The average molecular weight is 347 g/mol. The lowest BCUT2D eigenvalue weighted by Gasteiger charge is -2.37. The van der Waals surface area contributed by atoms with Crippen LogP contribution in [0.5, 0.6) is 0 Å². The fraction of sp³-hybridized carbons (Fsp3) is 0.182. The first-order chi connectivity index (χ1) is 12.3. The van der Waals surface area contributed by atoms with Gasteiger partial charge in [0.05, 0.1) is 0 Å². The van der Waals surface area contributed by atoms with E-state index in [9.17, 15) is 4.57 Å². The van der Waals surface area contributed by atoms with Crippen molar-refractivity contribution in [1.82, 2.24) is 4.90 Å². The van der Waals surface area contributed by atoms with E-state index >= 15 is 0 Å². The molecule has 0 heterocycles. The summed E-state index contributed by atoms with van der Waals surface area (Å²) in [5, 5.41) is -0.683. The van der Waals surface area contributed by atoms with E-state index in [4.69, 9.17) is 0 Å². The molecule has 126 valence electrons. The minimum Gasteiger partial charge on any atom is -0.283 e. The molecule has 0 saturated carbocycles. The van der Waals surface area contributed by atoms with Crippen LogP contribution >= 0.6 is 8.46 Å². The van der Waals surface area contributed by atoms with Gasteiger partial charge < -0.3 is 0 Å². The fourth-order valence-corrected chi connectivity index (χ4v) is 3.98. The lowest BCUT2D eigenvalue weighted by atomic mass is 9.96. The second-order valence-electron chi connectivity index (χ2n) is 6.15. The van der Waals surface area contributed by atoms with Crippen LogP contribution in [0.2, 0.25) is 0 Å². The normalized spacial score (nSPS) is 11.8. The van der Waals surface area contributed by atoms with Gasteiger partial charge in [-0.25, -0.2) is 0 Å². The topological polar surface area (TPSA) is 20.3 Å². The van der Waals surface area contributed by atoms with Gasteiger partial charge in [-0.2, -0.15) is 0 Å². The minimum absolute atomic E-state index is 0.0703. The van der Waals surface area contributed by atoms with E-state index in [2.05, 4.69) is 53.4 Å². The van der Waals surface area contributed by atoms with Crippen LogP contribution in [0.15, 0.2) is 91.0 Å². The molecule has 3 rings (SSSR count). The average Bonchev–Trinajstić information content (AvgIpc) is 2.70. The van der Waals surface area contributed by atoms with Crippen LogP contribution in [0.1, 0.15) is 16.7 Å². The van der Waals surface area contributed by atoms with Crippen LogP contribution < -0.4 is 0 Å². The van der Waals surface area contributed by atoms with Gasteiger partial charge in [0, 0.05) is 6.54 Å². The molecule has 0 amide bonds. The molecule has 0 radical (unpaired) electrons. The second kappa shape index (κ2) is 8.20. The molecule has 0 bridgehead atoms. The van der Waals surface area contributed by atoms with Crippen molar-refractivity contribution in [3.8, 4) is 0 Å². The summed E-state index contributed by atoms with van der Waals surface area (Å²) in [6.07, 6.45) is 0.911. The summed E-state index contributed by atoms with van der Waals surface area (Å²) in [4.78, 5) is 2.19. The molecule has 0 spiro atoms. The molecule has 0 unspecified atom stereocenters. The third-order valence-electron chi connectivity index (χ3n) is 4.62. The van der Waals surface area contributed by atoms with E-state index in [0.29, 0.717) is 0 Å². The Morgan fingerprint density at radius 2 is 1.20 bits per heavy atom. The Bertz CT molecular complexity index is 751. The first-order valence-corrected chi connectivity index (χ1v) is 9.29. The highest BCUT2D eigenvalue weighted by molar-refractivity contribution is 7.25. The van der Waals surface area contributed by atoms with E-state index in [1.54, 1.807) is 0 Å². The van der Waals surface area contributed by atoms with Gasteiger partial charge in [0.15, 0.2) is 13.7 Å². The third kappa shape index (κ3) is 3.71. The van der Waals surface area contributed by atoms with Crippen molar-refractivity contribution >= 4 is 8.46 Å². The Morgan fingerprint density at radius 1 is 0.760 bits per heavy atom. The van der Waals surface area contributed by atoms with Crippen LogP contribution in [0.25, 0.3) is 0 Å². The number of benzene rings is 3. The van der Waals surface area contributed by atoms with Gasteiger partial charge in [-0.05, 0) is 30.2 Å². The lowest BCUT2D eigenvalue weighted by Crippen LogP contribution is -2.41. The quantitative estimate of drug-likeness (QED) is 0.537. The Hall–Kier alpha value is -2.28. The molecule has 0 saturated heterocycles. The largest absolute Gasteiger partial charge is 0.283 e. The molecule has 3 aromatic rings. The summed E-state index contributed by atoms with van der Waals surface area (Å²) in [6, 6.07) is 30.6. The van der Waals surface area contributed by atoms with Crippen LogP contribution in [-0.2, 0) is 16.3 Å². The molecular weight excluding hydrogens is 325 g/mol. The van der Waals surface area contributed by atoms with Crippen molar-refractivity contribution in [2.24, 2.45) is 0 Å². The first kappa shape index (κ1) is 17.5. The molecule has 0 atom stereocenters. The summed E-state index contributed by atoms with van der Waals surface area (Å²) < 4.78 is 12.5. The van der Waals surface area contributed by atoms with E-state index in [0.717, 1.165) is 24.1 Å². The van der Waals surface area contributed by atoms with Crippen LogP contribution in [-0.4, -0.2) is 18.5 Å². The Labute approximate surface area is 151 Å². The zero-order valence-electron chi connectivity index (χ0n) is 14.4. The first-order valence-electron chi connectivity index (χ1n) is 8.48. The van der Waals surface area contributed by atoms with Crippen molar-refractivity contribution in [3.63, 3.8) is 0 Å². The van der Waals surface area contributed by atoms with Gasteiger partial charge in [-0.15, -0.1) is 0 Å². The van der Waals surface area contributed by atoms with Crippen LogP contribution in [0, 0.1) is 0 Å². The maximum Gasteiger partial charge on any atom is 0.188 e. The standard InChI is InChI=1S/C22H22NOP/c1-23(18-17-19-11-5-2-6-12-19)22(25-24,20-13-7-3-8-14-20)21-15-9-4-10-16-21/h2-16H,17-18H2,1H3. The maximum atomic E-state index is 12.5. The van der Waals surface area contributed by atoms with Gasteiger partial charge in [0.25, 0.3) is 0 Å². The van der Waals surface area contributed by atoms with Gasteiger partial charge in [-0.3, -0.25) is 9.46 Å². The summed E-state index contributed by atoms with van der Waals surface area (Å²) in [7, 11) is 2.12. The number of nitrogens with zero attached hydrogens (tertiary/aromatic N) is 1. The predicted octanol–water partition coefficient (Wildman–Crippen LogP) is 5.35. The molecule has 0 N–H and O–H groups in total. The van der Waals surface area contributed by atoms with E-state index < -0.39 is 5.28 Å². The van der Waals surface area contributed by atoms with Gasteiger partial charge in [0.1, 0.15) is 0 Å². The van der Waals surface area contributed by atoms with Crippen molar-refractivity contribution in [2.75, 3.05) is 13.6 Å². The minimum atomic E-state index is -0.683. The van der Waals surface area contributed by atoms with Crippen molar-refractivity contribution in [3.05, 3.63) is 108 Å². The Balaban J connectivity index is 1.97. The van der Waals surface area contributed by atoms with Crippen LogP contribution in [0.3, 0.4) is 0 Å². The van der Waals surface area contributed by atoms with Crippen LogP contribution in [0.4, 0.5) is 0 Å². The van der Waals surface area contributed by atoms with Crippen molar-refractivity contribution in [1.29, 1.82) is 0 Å². The molecule has 0 aliphatic carbocycles. The number of rotatable bonds is 7. The summed E-state index contributed by atoms with van der Waals surface area (Å²) in [6.45, 7) is 0.809. The van der Waals surface area contributed by atoms with E-state index in [1.807, 2.05) is 49.5 Å². The van der Waals surface area contributed by atoms with E-state index in [-0.39, 0.29) is 8.46 Å². The predicted molar refractivity (Wildman–Crippen MR) is 104 cm³/mol. The number of hydrogen-bond acceptors (Lipinski definition) is 2. The second-order valence-corrected chi connectivity index (χ2v) is 6.98. The monoisotopic (exact) mass is 347 g/mol. The summed E-state index contributed by atoms with van der Waals surface area (Å²) in [5.74, 6) is 0. The molecular formula is C22H22NOP. The van der Waals surface area contributed by atoms with E-state index in [1.165, 1.54) is 5.56 Å². The Kier molecular flexibility index (Phi) is 5.75. The third-order valence-corrected chi connectivity index (χ3v) is 5.74. The fourth-order valence-electron chi connectivity index (χ4n) is 3.23. The highest BCUT2D eigenvalue weighted by Crippen LogP contribution is 2.44. The Morgan fingerprint density at radius 3 is 1.64 bits per heavy atom. The zero-order valence-corrected chi connectivity index (χ0v) is 15.3. The van der Waals surface area contributed by atoms with Crippen molar-refractivity contribution < 1.29 is 4.57 Å². The SMILES string of the molecule is CN(CCc1ccccc1)C(P=O)(c1ccccc1)c1ccccc1. The molecule has 2 nitrogen and oxygen atoms in total. The smallest absolute Gasteiger partial charge is 0.188 e. The maximum absolute atomic E-state index is 12.5. The highest BCUT2D eigenvalue weighted by atomic mass is 31.1. The molecule has 0 aliphatic heterocycles. The molecule has 25 heavy (non-hydrogen) atoms. The lowest BCUT2D eigenvalue weighted by molar-refractivity contribution is 0.243. The van der Waals surface area contributed by atoms with Gasteiger partial charge in [0.2, 0.25) is 0 Å². The molecule has 3 aromatic carbocycles. The van der Waals surface area contributed by atoms with Gasteiger partial charge in [-0.1, -0.05) is 91.0 Å². The molecule has 0 aliphatic rings. The molecule has 3 heteroatoms. The molecule has 0 fully saturated rings. The number of likely N-dealkylation sites (N-methyl/N-ethyl adjacent to an activating group) is 1. The zero-order chi connectivity index (χ0) is 17.5. The number of hydrogen-bond donors (Lipinski definition) is 0. The van der Waals surface area contributed by atoms with Gasteiger partial charge >= 0.3 is 0 Å². The highest BCUT2D eigenvalue weighted by Gasteiger charge is 2.39. The van der Waals surface area contributed by atoms with Crippen molar-refractivity contribution in [2.45, 2.75) is 11.7 Å². The summed E-state index contributed by atoms with van der Waals surface area (Å²) in [5.41, 5.74) is 3.36.